The number of nitrogen functional groups attached to an aromatic ring is 1. The second kappa shape index (κ2) is 6.08. The first-order valence-electron chi connectivity index (χ1n) is 7.96. The molecule has 1 aliphatic rings. The highest BCUT2D eigenvalue weighted by molar-refractivity contribution is 5.95. The van der Waals surface area contributed by atoms with Gasteiger partial charge >= 0.3 is 0 Å². The molecule has 1 saturated carbocycles. The van der Waals surface area contributed by atoms with E-state index in [1.165, 1.54) is 19.3 Å². The Morgan fingerprint density at radius 1 is 1.24 bits per heavy atom. The molecule has 1 amide bonds. The lowest BCUT2D eigenvalue weighted by molar-refractivity contribution is 0.0830. The Balaban J connectivity index is 2.11. The minimum atomic E-state index is 0.00264. The number of carbonyl (C=O) groups excluding carboxylic acids is 1. The molecular formula is C18H28N2O. The third kappa shape index (κ3) is 3.78. The van der Waals surface area contributed by atoms with Crippen molar-refractivity contribution in [1.29, 1.82) is 0 Å². The van der Waals surface area contributed by atoms with Gasteiger partial charge in [-0.25, -0.2) is 0 Å². The molecule has 0 heterocycles. The van der Waals surface area contributed by atoms with Crippen LogP contribution < -0.4 is 11.1 Å². The van der Waals surface area contributed by atoms with Gasteiger partial charge in [-0.3, -0.25) is 4.79 Å². The molecule has 0 bridgehead atoms. The van der Waals surface area contributed by atoms with Crippen molar-refractivity contribution in [2.24, 2.45) is 11.3 Å². The number of nitrogens with one attached hydrogen (secondary N) is 1. The van der Waals surface area contributed by atoms with E-state index in [1.54, 1.807) is 6.07 Å². The van der Waals surface area contributed by atoms with Crippen LogP contribution in [0.4, 0.5) is 5.69 Å². The highest BCUT2D eigenvalue weighted by Crippen LogP contribution is 2.38. The van der Waals surface area contributed by atoms with E-state index < -0.39 is 0 Å². The fourth-order valence-electron chi connectivity index (χ4n) is 3.37. The van der Waals surface area contributed by atoms with E-state index >= 15 is 0 Å². The molecule has 2 rings (SSSR count). The maximum Gasteiger partial charge on any atom is 0.251 e. The number of hydrogen-bond acceptors (Lipinski definition) is 2. The second-order valence-corrected chi connectivity index (χ2v) is 7.41. The van der Waals surface area contributed by atoms with Gasteiger partial charge in [0.05, 0.1) is 0 Å². The predicted molar refractivity (Wildman–Crippen MR) is 88.3 cm³/mol. The van der Waals surface area contributed by atoms with E-state index in [-0.39, 0.29) is 17.4 Å². The Hall–Kier alpha value is -1.51. The van der Waals surface area contributed by atoms with Gasteiger partial charge in [0.1, 0.15) is 0 Å². The van der Waals surface area contributed by atoms with E-state index in [0.29, 0.717) is 17.2 Å². The van der Waals surface area contributed by atoms with Crippen molar-refractivity contribution in [3.8, 4) is 0 Å². The van der Waals surface area contributed by atoms with Crippen LogP contribution in [0.15, 0.2) is 18.2 Å². The summed E-state index contributed by atoms with van der Waals surface area (Å²) in [5, 5.41) is 3.24. The largest absolute Gasteiger partial charge is 0.398 e. The molecular weight excluding hydrogens is 260 g/mol. The fourth-order valence-corrected chi connectivity index (χ4v) is 3.37. The summed E-state index contributed by atoms with van der Waals surface area (Å²) in [7, 11) is 0. The molecule has 0 aliphatic heterocycles. The van der Waals surface area contributed by atoms with Crippen molar-refractivity contribution >= 4 is 11.6 Å². The minimum absolute atomic E-state index is 0.00264. The molecule has 1 fully saturated rings. The Morgan fingerprint density at radius 3 is 2.52 bits per heavy atom. The molecule has 0 spiro atoms. The zero-order valence-electron chi connectivity index (χ0n) is 13.7. The Labute approximate surface area is 128 Å². The van der Waals surface area contributed by atoms with Crippen LogP contribution in [0.1, 0.15) is 62.4 Å². The minimum Gasteiger partial charge on any atom is -0.398 e. The van der Waals surface area contributed by atoms with Gasteiger partial charge in [-0.05, 0) is 48.8 Å². The zero-order valence-corrected chi connectivity index (χ0v) is 13.7. The van der Waals surface area contributed by atoms with Crippen molar-refractivity contribution in [2.45, 2.75) is 59.4 Å². The predicted octanol–water partition coefficient (Wildman–Crippen LogP) is 3.91. The Morgan fingerprint density at radius 2 is 1.90 bits per heavy atom. The molecule has 3 heteroatoms. The lowest BCUT2D eigenvalue weighted by Gasteiger charge is -2.40. The molecule has 2 atom stereocenters. The molecule has 0 aromatic heterocycles. The summed E-state index contributed by atoms with van der Waals surface area (Å²) in [6.07, 6.45) is 4.75. The molecule has 0 saturated heterocycles. The summed E-state index contributed by atoms with van der Waals surface area (Å²) in [5.74, 6) is 0.542. The quantitative estimate of drug-likeness (QED) is 0.811. The van der Waals surface area contributed by atoms with Gasteiger partial charge < -0.3 is 11.1 Å². The molecule has 21 heavy (non-hydrogen) atoms. The van der Waals surface area contributed by atoms with Crippen LogP contribution >= 0.6 is 0 Å². The van der Waals surface area contributed by atoms with Crippen LogP contribution in [0.25, 0.3) is 0 Å². The van der Waals surface area contributed by atoms with Crippen LogP contribution in [0.5, 0.6) is 0 Å². The summed E-state index contributed by atoms with van der Waals surface area (Å²) >= 11 is 0. The van der Waals surface area contributed by atoms with Crippen molar-refractivity contribution in [1.82, 2.24) is 5.32 Å². The third-order valence-corrected chi connectivity index (χ3v) is 4.74. The van der Waals surface area contributed by atoms with E-state index in [2.05, 4.69) is 26.1 Å². The normalized spacial score (nSPS) is 22.9. The molecule has 1 aliphatic carbocycles. The molecule has 1 aromatic rings. The van der Waals surface area contributed by atoms with Gasteiger partial charge in [0.25, 0.3) is 5.91 Å². The van der Waals surface area contributed by atoms with E-state index in [0.717, 1.165) is 12.0 Å². The summed E-state index contributed by atoms with van der Waals surface area (Å²) in [6, 6.07) is 5.82. The van der Waals surface area contributed by atoms with E-state index in [9.17, 15) is 4.79 Å². The highest BCUT2D eigenvalue weighted by Gasteiger charge is 2.34. The molecule has 0 radical (unpaired) electrons. The Bertz CT molecular complexity index is 516. The third-order valence-electron chi connectivity index (χ3n) is 4.74. The highest BCUT2D eigenvalue weighted by atomic mass is 16.1. The molecule has 3 N–H and O–H groups in total. The number of benzene rings is 1. The number of nitrogens with two attached hydrogens (primary N) is 1. The van der Waals surface area contributed by atoms with Gasteiger partial charge in [-0.1, -0.05) is 39.7 Å². The van der Waals surface area contributed by atoms with Crippen LogP contribution in [0, 0.1) is 18.3 Å². The fraction of sp³-hybridized carbons (Fsp3) is 0.611. The van der Waals surface area contributed by atoms with E-state index in [4.69, 9.17) is 5.73 Å². The zero-order chi connectivity index (χ0) is 15.6. The van der Waals surface area contributed by atoms with Gasteiger partial charge in [-0.2, -0.15) is 0 Å². The first-order chi connectivity index (χ1) is 9.79. The van der Waals surface area contributed by atoms with Crippen LogP contribution in [0.3, 0.4) is 0 Å². The smallest absolute Gasteiger partial charge is 0.251 e. The van der Waals surface area contributed by atoms with E-state index in [1.807, 2.05) is 19.1 Å². The average molecular weight is 288 g/mol. The second-order valence-electron chi connectivity index (χ2n) is 7.41. The van der Waals surface area contributed by atoms with Gasteiger partial charge in [0.2, 0.25) is 0 Å². The molecule has 1 aromatic carbocycles. The standard InChI is InChI=1S/C18H28N2O/c1-12-9-10-13(11-15(12)19)17(21)20-16-8-6-5-7-14(16)18(2,3)4/h9-11,14,16H,5-8,19H2,1-4H3,(H,20,21). The number of amides is 1. The summed E-state index contributed by atoms with van der Waals surface area (Å²) in [4.78, 5) is 12.5. The van der Waals surface area contributed by atoms with Crippen LogP contribution in [0.2, 0.25) is 0 Å². The number of aryl methyl sites for hydroxylation is 1. The maximum absolute atomic E-state index is 12.5. The monoisotopic (exact) mass is 288 g/mol. The van der Waals surface area contributed by atoms with Gasteiger partial charge in [0, 0.05) is 17.3 Å². The lowest BCUT2D eigenvalue weighted by Crippen LogP contribution is -2.46. The first kappa shape index (κ1) is 15.9. The van der Waals surface area contributed by atoms with Crippen LogP contribution in [-0.4, -0.2) is 11.9 Å². The molecule has 3 nitrogen and oxygen atoms in total. The van der Waals surface area contributed by atoms with Crippen molar-refractivity contribution < 1.29 is 4.79 Å². The molecule has 116 valence electrons. The number of anilines is 1. The summed E-state index contributed by atoms with van der Waals surface area (Å²) < 4.78 is 0. The maximum atomic E-state index is 12.5. The topological polar surface area (TPSA) is 55.1 Å². The SMILES string of the molecule is Cc1ccc(C(=O)NC2CCCCC2C(C)(C)C)cc1N. The Kier molecular flexibility index (Phi) is 4.60. The average Bonchev–Trinajstić information content (AvgIpc) is 2.41. The van der Waals surface area contributed by atoms with Crippen LogP contribution in [-0.2, 0) is 0 Å². The first-order valence-corrected chi connectivity index (χ1v) is 7.96. The van der Waals surface area contributed by atoms with Crippen molar-refractivity contribution in [3.63, 3.8) is 0 Å². The lowest BCUT2D eigenvalue weighted by atomic mass is 9.69. The summed E-state index contributed by atoms with van der Waals surface area (Å²) in [5.41, 5.74) is 8.49. The van der Waals surface area contributed by atoms with Crippen molar-refractivity contribution in [3.05, 3.63) is 29.3 Å². The van der Waals surface area contributed by atoms with Gasteiger partial charge in [0.15, 0.2) is 0 Å². The number of carbonyl (C=O) groups is 1. The van der Waals surface area contributed by atoms with Gasteiger partial charge in [-0.15, -0.1) is 0 Å². The van der Waals surface area contributed by atoms with Crippen molar-refractivity contribution in [2.75, 3.05) is 5.73 Å². The summed E-state index contributed by atoms with van der Waals surface area (Å²) in [6.45, 7) is 8.76. The molecule has 2 unspecified atom stereocenters. The number of hydrogen-bond donors (Lipinski definition) is 2. The number of rotatable bonds is 2.